The third kappa shape index (κ3) is 2.77. The number of aliphatic hydroxyl groups is 2. The van der Waals surface area contributed by atoms with E-state index in [0.717, 1.165) is 16.3 Å². The molecule has 1 aliphatic rings. The monoisotopic (exact) mass is 268 g/mol. The molecule has 0 fully saturated rings. The summed E-state index contributed by atoms with van der Waals surface area (Å²) in [5, 5.41) is 23.8. The van der Waals surface area contributed by atoms with E-state index in [1.165, 1.54) is 11.8 Å². The van der Waals surface area contributed by atoms with Crippen molar-refractivity contribution in [1.82, 2.24) is 0 Å². The van der Waals surface area contributed by atoms with Crippen LogP contribution >= 0.6 is 11.8 Å². The maximum Gasteiger partial charge on any atom is 0.237 e. The third-order valence-electron chi connectivity index (χ3n) is 2.72. The maximum atomic E-state index is 11.6. The molecule has 1 aromatic carbocycles. The number of benzene rings is 1. The predicted octanol–water partition coefficient (Wildman–Crippen LogP) is 0.884. The highest BCUT2D eigenvalue weighted by Gasteiger charge is 2.23. The van der Waals surface area contributed by atoms with Crippen LogP contribution in [0.2, 0.25) is 0 Å². The lowest BCUT2D eigenvalue weighted by Gasteiger charge is -2.23. The van der Waals surface area contributed by atoms with E-state index in [-0.39, 0.29) is 24.4 Å². The first kappa shape index (κ1) is 13.2. The Morgan fingerprint density at radius 3 is 2.83 bits per heavy atom. The standard InChI is InChI=1S/C12H16N2O3S/c1-7-12(17)14-10-4-8(2-3-11(10)18-7)13-9(5-15)6-16/h2-4,7,9,13,15-16H,5-6H2,1H3,(H,14,17). The maximum absolute atomic E-state index is 11.6. The summed E-state index contributed by atoms with van der Waals surface area (Å²) in [6, 6.07) is 5.21. The number of anilines is 2. The number of aliphatic hydroxyl groups excluding tert-OH is 2. The normalized spacial score (nSPS) is 18.4. The largest absolute Gasteiger partial charge is 0.394 e. The fourth-order valence-corrected chi connectivity index (χ4v) is 2.61. The Bertz CT molecular complexity index is 449. The van der Waals surface area contributed by atoms with E-state index >= 15 is 0 Å². The van der Waals surface area contributed by atoms with Gasteiger partial charge in [0.15, 0.2) is 0 Å². The molecule has 4 N–H and O–H groups in total. The van der Waals surface area contributed by atoms with Gasteiger partial charge in [0.25, 0.3) is 0 Å². The molecule has 0 spiro atoms. The van der Waals surface area contributed by atoms with E-state index in [2.05, 4.69) is 10.6 Å². The van der Waals surface area contributed by atoms with Gasteiger partial charge in [0, 0.05) is 10.6 Å². The molecule has 1 aromatic rings. The molecule has 1 unspecified atom stereocenters. The molecule has 5 nitrogen and oxygen atoms in total. The van der Waals surface area contributed by atoms with Crippen LogP contribution < -0.4 is 10.6 Å². The number of nitrogens with one attached hydrogen (secondary N) is 2. The summed E-state index contributed by atoms with van der Waals surface area (Å²) in [6.45, 7) is 1.57. The molecule has 18 heavy (non-hydrogen) atoms. The number of carbonyl (C=O) groups excluding carboxylic acids is 1. The van der Waals surface area contributed by atoms with Gasteiger partial charge in [-0.05, 0) is 25.1 Å². The molecule has 0 aromatic heterocycles. The molecule has 1 heterocycles. The fraction of sp³-hybridized carbons (Fsp3) is 0.417. The number of thioether (sulfide) groups is 1. The van der Waals surface area contributed by atoms with E-state index in [1.807, 2.05) is 25.1 Å². The molecule has 2 rings (SSSR count). The van der Waals surface area contributed by atoms with E-state index < -0.39 is 6.04 Å². The summed E-state index contributed by atoms with van der Waals surface area (Å²) in [5.41, 5.74) is 1.53. The average molecular weight is 268 g/mol. The Kier molecular flexibility index (Phi) is 4.11. The van der Waals surface area contributed by atoms with Crippen LogP contribution in [-0.2, 0) is 4.79 Å². The van der Waals surface area contributed by atoms with Crippen LogP contribution in [0, 0.1) is 0 Å². The van der Waals surface area contributed by atoms with E-state index in [9.17, 15) is 4.79 Å². The van der Waals surface area contributed by atoms with Gasteiger partial charge in [-0.3, -0.25) is 4.79 Å². The van der Waals surface area contributed by atoms with Crippen LogP contribution in [0.15, 0.2) is 23.1 Å². The van der Waals surface area contributed by atoms with Gasteiger partial charge >= 0.3 is 0 Å². The highest BCUT2D eigenvalue weighted by molar-refractivity contribution is 8.00. The van der Waals surface area contributed by atoms with E-state index in [1.54, 1.807) is 0 Å². The smallest absolute Gasteiger partial charge is 0.237 e. The molecule has 0 aliphatic carbocycles. The first-order valence-electron chi connectivity index (χ1n) is 5.74. The van der Waals surface area contributed by atoms with Crippen LogP contribution in [0.1, 0.15) is 6.92 Å². The fourth-order valence-electron chi connectivity index (χ4n) is 1.68. The number of rotatable bonds is 4. The van der Waals surface area contributed by atoms with Crippen molar-refractivity contribution in [2.24, 2.45) is 0 Å². The SMILES string of the molecule is CC1Sc2ccc(NC(CO)CO)cc2NC1=O. The third-order valence-corrected chi connectivity index (χ3v) is 3.90. The number of hydrogen-bond donors (Lipinski definition) is 4. The van der Waals surface area contributed by atoms with Crippen molar-refractivity contribution in [3.63, 3.8) is 0 Å². The molecular weight excluding hydrogens is 252 g/mol. The van der Waals surface area contributed by atoms with Gasteiger partial charge in [-0.15, -0.1) is 11.8 Å². The number of hydrogen-bond acceptors (Lipinski definition) is 5. The van der Waals surface area contributed by atoms with Crippen molar-refractivity contribution in [3.05, 3.63) is 18.2 Å². The Morgan fingerprint density at radius 1 is 1.44 bits per heavy atom. The molecular formula is C12H16N2O3S. The summed E-state index contributed by atoms with van der Waals surface area (Å²) in [4.78, 5) is 12.6. The van der Waals surface area contributed by atoms with Gasteiger partial charge in [-0.2, -0.15) is 0 Å². The molecule has 0 bridgehead atoms. The van der Waals surface area contributed by atoms with Crippen LogP contribution in [0.4, 0.5) is 11.4 Å². The zero-order valence-corrected chi connectivity index (χ0v) is 10.8. The van der Waals surface area contributed by atoms with Gasteiger partial charge in [-0.1, -0.05) is 0 Å². The molecule has 1 amide bonds. The Labute approximate surface area is 110 Å². The molecule has 98 valence electrons. The first-order valence-corrected chi connectivity index (χ1v) is 6.62. The van der Waals surface area contributed by atoms with Crippen molar-refractivity contribution in [3.8, 4) is 0 Å². The summed E-state index contributed by atoms with van der Waals surface area (Å²) in [6.07, 6.45) is 0. The second-order valence-electron chi connectivity index (χ2n) is 4.17. The van der Waals surface area contributed by atoms with Crippen LogP contribution in [0.3, 0.4) is 0 Å². The zero-order valence-electron chi connectivity index (χ0n) is 10.0. The number of fused-ring (bicyclic) bond motifs is 1. The van der Waals surface area contributed by atoms with Crippen LogP contribution in [0.5, 0.6) is 0 Å². The molecule has 6 heteroatoms. The van der Waals surface area contributed by atoms with Crippen molar-refractivity contribution >= 4 is 29.0 Å². The molecule has 1 aliphatic heterocycles. The van der Waals surface area contributed by atoms with Crippen LogP contribution in [-0.4, -0.2) is 40.6 Å². The quantitative estimate of drug-likeness (QED) is 0.652. The highest BCUT2D eigenvalue weighted by Crippen LogP contribution is 2.36. The number of carbonyl (C=O) groups is 1. The molecule has 1 atom stereocenters. The Balaban J connectivity index is 2.17. The van der Waals surface area contributed by atoms with Crippen molar-refractivity contribution in [2.45, 2.75) is 23.1 Å². The van der Waals surface area contributed by atoms with Gasteiger partial charge in [0.1, 0.15) is 0 Å². The minimum atomic E-state index is -0.395. The van der Waals surface area contributed by atoms with Crippen molar-refractivity contribution < 1.29 is 15.0 Å². The zero-order chi connectivity index (χ0) is 13.1. The lowest BCUT2D eigenvalue weighted by Crippen LogP contribution is -2.28. The Hall–Kier alpha value is -1.24. The second kappa shape index (κ2) is 5.60. The number of amides is 1. The van der Waals surface area contributed by atoms with E-state index in [0.29, 0.717) is 0 Å². The first-order chi connectivity index (χ1) is 8.63. The summed E-state index contributed by atoms with van der Waals surface area (Å²) in [7, 11) is 0. The summed E-state index contributed by atoms with van der Waals surface area (Å²) < 4.78 is 0. The van der Waals surface area contributed by atoms with Gasteiger partial charge in [0.05, 0.1) is 30.2 Å². The van der Waals surface area contributed by atoms with Gasteiger partial charge < -0.3 is 20.8 Å². The molecule has 0 saturated carbocycles. The lowest BCUT2D eigenvalue weighted by atomic mass is 10.2. The molecule has 0 saturated heterocycles. The minimum Gasteiger partial charge on any atom is -0.394 e. The highest BCUT2D eigenvalue weighted by atomic mass is 32.2. The van der Waals surface area contributed by atoms with Crippen molar-refractivity contribution in [1.29, 1.82) is 0 Å². The van der Waals surface area contributed by atoms with Crippen LogP contribution in [0.25, 0.3) is 0 Å². The van der Waals surface area contributed by atoms with Crippen molar-refractivity contribution in [2.75, 3.05) is 23.8 Å². The average Bonchev–Trinajstić information content (AvgIpc) is 2.37. The lowest BCUT2D eigenvalue weighted by molar-refractivity contribution is -0.115. The molecule has 0 radical (unpaired) electrons. The topological polar surface area (TPSA) is 81.6 Å². The minimum absolute atomic E-state index is 0.00878. The Morgan fingerprint density at radius 2 is 2.17 bits per heavy atom. The summed E-state index contributed by atoms with van der Waals surface area (Å²) in [5.74, 6) is -0.00878. The van der Waals surface area contributed by atoms with Gasteiger partial charge in [0.2, 0.25) is 5.91 Å². The van der Waals surface area contributed by atoms with Gasteiger partial charge in [-0.25, -0.2) is 0 Å². The summed E-state index contributed by atoms with van der Waals surface area (Å²) >= 11 is 1.52. The second-order valence-corrected chi connectivity index (χ2v) is 5.55. The van der Waals surface area contributed by atoms with E-state index in [4.69, 9.17) is 10.2 Å². The predicted molar refractivity (Wildman–Crippen MR) is 72.0 cm³/mol.